The minimum atomic E-state index is -3.89. The van der Waals surface area contributed by atoms with Crippen molar-refractivity contribution in [1.29, 1.82) is 0 Å². The summed E-state index contributed by atoms with van der Waals surface area (Å²) in [6.45, 7) is 3.50. The average Bonchev–Trinajstić information content (AvgIpc) is 3.15. The van der Waals surface area contributed by atoms with Crippen LogP contribution in [0.2, 0.25) is 0 Å². The first-order chi connectivity index (χ1) is 13.8. The standard InChI is InChI=1S/C21H24N2O5S/c1-15(2)20(22-29(26,27)17-9-4-3-5-10-17)21(25)28-14-19(24)23-13-12-16-8-6-7-11-18(16)23/h3-11,15,20,22H,12-14H2,1-2H3. The number of ether oxygens (including phenoxy) is 1. The Labute approximate surface area is 170 Å². The number of benzene rings is 2. The van der Waals surface area contributed by atoms with Crippen molar-refractivity contribution in [1.82, 2.24) is 4.72 Å². The van der Waals surface area contributed by atoms with Crippen molar-refractivity contribution in [2.45, 2.75) is 31.2 Å². The van der Waals surface area contributed by atoms with Gasteiger partial charge in [0.05, 0.1) is 4.90 Å². The van der Waals surface area contributed by atoms with Crippen LogP contribution in [0.15, 0.2) is 59.5 Å². The van der Waals surface area contributed by atoms with Crippen molar-refractivity contribution in [3.8, 4) is 0 Å². The van der Waals surface area contributed by atoms with Gasteiger partial charge in [0, 0.05) is 12.2 Å². The number of para-hydroxylation sites is 1. The largest absolute Gasteiger partial charge is 0.454 e. The molecule has 3 rings (SSSR count). The number of nitrogens with zero attached hydrogens (tertiary/aromatic N) is 1. The maximum Gasteiger partial charge on any atom is 0.324 e. The van der Waals surface area contributed by atoms with Gasteiger partial charge in [0.15, 0.2) is 6.61 Å². The Bertz CT molecular complexity index is 989. The van der Waals surface area contributed by atoms with Crippen molar-refractivity contribution in [2.75, 3.05) is 18.1 Å². The maximum atomic E-state index is 12.5. The van der Waals surface area contributed by atoms with E-state index in [4.69, 9.17) is 4.74 Å². The molecule has 1 heterocycles. The Balaban J connectivity index is 1.64. The second-order valence-electron chi connectivity index (χ2n) is 7.19. The number of nitrogens with one attached hydrogen (secondary N) is 1. The third-order valence-corrected chi connectivity index (χ3v) is 6.24. The molecule has 1 N–H and O–H groups in total. The van der Waals surface area contributed by atoms with Crippen LogP contribution in [-0.2, 0) is 30.8 Å². The summed E-state index contributed by atoms with van der Waals surface area (Å²) < 4.78 is 32.7. The zero-order chi connectivity index (χ0) is 21.0. The van der Waals surface area contributed by atoms with Crippen molar-refractivity contribution < 1.29 is 22.7 Å². The number of sulfonamides is 1. The molecule has 0 fully saturated rings. The molecule has 0 aliphatic carbocycles. The van der Waals surface area contributed by atoms with E-state index in [-0.39, 0.29) is 16.7 Å². The normalized spacial score (nSPS) is 14.5. The summed E-state index contributed by atoms with van der Waals surface area (Å²) in [5.41, 5.74) is 1.89. The number of anilines is 1. The van der Waals surface area contributed by atoms with Crippen LogP contribution < -0.4 is 9.62 Å². The molecule has 0 radical (unpaired) electrons. The summed E-state index contributed by atoms with van der Waals surface area (Å²) in [6, 6.07) is 14.3. The molecule has 154 valence electrons. The number of carbonyl (C=O) groups is 2. The summed E-state index contributed by atoms with van der Waals surface area (Å²) in [4.78, 5) is 26.7. The topological polar surface area (TPSA) is 92.8 Å². The number of amides is 1. The second kappa shape index (κ2) is 8.75. The van der Waals surface area contributed by atoms with Crippen molar-refractivity contribution >= 4 is 27.6 Å². The Hall–Kier alpha value is -2.71. The molecule has 0 spiro atoms. The van der Waals surface area contributed by atoms with E-state index in [9.17, 15) is 18.0 Å². The van der Waals surface area contributed by atoms with Crippen LogP contribution in [0.3, 0.4) is 0 Å². The van der Waals surface area contributed by atoms with Crippen LogP contribution in [0.5, 0.6) is 0 Å². The van der Waals surface area contributed by atoms with Gasteiger partial charge in [-0.2, -0.15) is 4.72 Å². The van der Waals surface area contributed by atoms with Gasteiger partial charge in [0.2, 0.25) is 10.0 Å². The van der Waals surface area contributed by atoms with Crippen LogP contribution in [-0.4, -0.2) is 39.5 Å². The number of hydrogen-bond acceptors (Lipinski definition) is 5. The molecule has 2 aromatic rings. The highest BCUT2D eigenvalue weighted by atomic mass is 32.2. The number of hydrogen-bond donors (Lipinski definition) is 1. The van der Waals surface area contributed by atoms with Gasteiger partial charge in [-0.25, -0.2) is 8.42 Å². The van der Waals surface area contributed by atoms with Crippen LogP contribution in [0.25, 0.3) is 0 Å². The van der Waals surface area contributed by atoms with Crippen molar-refractivity contribution in [2.24, 2.45) is 5.92 Å². The lowest BCUT2D eigenvalue weighted by Gasteiger charge is -2.22. The smallest absolute Gasteiger partial charge is 0.324 e. The zero-order valence-corrected chi connectivity index (χ0v) is 17.2. The summed E-state index contributed by atoms with van der Waals surface area (Å²) in [5, 5.41) is 0. The third-order valence-electron chi connectivity index (χ3n) is 4.78. The van der Waals surface area contributed by atoms with E-state index in [2.05, 4.69) is 4.72 Å². The molecule has 1 aliphatic heterocycles. The minimum absolute atomic E-state index is 0.0585. The minimum Gasteiger partial charge on any atom is -0.454 e. The fourth-order valence-corrected chi connectivity index (χ4v) is 4.54. The van der Waals surface area contributed by atoms with Gasteiger partial charge in [-0.05, 0) is 36.1 Å². The highest BCUT2D eigenvalue weighted by Gasteiger charge is 2.31. The molecule has 0 saturated heterocycles. The van der Waals surface area contributed by atoms with E-state index >= 15 is 0 Å². The third kappa shape index (κ3) is 4.83. The van der Waals surface area contributed by atoms with Gasteiger partial charge < -0.3 is 9.64 Å². The molecular formula is C21H24N2O5S. The van der Waals surface area contributed by atoms with E-state index in [0.717, 1.165) is 17.7 Å². The van der Waals surface area contributed by atoms with E-state index in [1.54, 1.807) is 36.9 Å². The van der Waals surface area contributed by atoms with E-state index in [1.165, 1.54) is 12.1 Å². The average molecular weight is 416 g/mol. The van der Waals surface area contributed by atoms with Crippen LogP contribution >= 0.6 is 0 Å². The van der Waals surface area contributed by atoms with Crippen LogP contribution in [0.4, 0.5) is 5.69 Å². The first-order valence-corrected chi connectivity index (χ1v) is 10.9. The van der Waals surface area contributed by atoms with Gasteiger partial charge in [-0.1, -0.05) is 50.2 Å². The Morgan fingerprint density at radius 3 is 2.41 bits per heavy atom. The predicted octanol–water partition coefficient (Wildman–Crippen LogP) is 2.12. The SMILES string of the molecule is CC(C)C(NS(=O)(=O)c1ccccc1)C(=O)OCC(=O)N1CCc2ccccc21. The summed E-state index contributed by atoms with van der Waals surface area (Å²) >= 11 is 0. The molecule has 0 saturated carbocycles. The fraction of sp³-hybridized carbons (Fsp3) is 0.333. The summed E-state index contributed by atoms with van der Waals surface area (Å²) in [5.74, 6) is -1.47. The fourth-order valence-electron chi connectivity index (χ4n) is 3.19. The first kappa shape index (κ1) is 21.0. The number of rotatable bonds is 7. The van der Waals surface area contributed by atoms with Crippen molar-refractivity contribution in [3.63, 3.8) is 0 Å². The Morgan fingerprint density at radius 1 is 1.07 bits per heavy atom. The van der Waals surface area contributed by atoms with Gasteiger partial charge in [-0.3, -0.25) is 9.59 Å². The summed E-state index contributed by atoms with van der Waals surface area (Å²) in [7, 11) is -3.89. The maximum absolute atomic E-state index is 12.5. The van der Waals surface area contributed by atoms with Gasteiger partial charge in [0.1, 0.15) is 6.04 Å². The monoisotopic (exact) mass is 416 g/mol. The van der Waals surface area contributed by atoms with E-state index in [0.29, 0.717) is 6.54 Å². The van der Waals surface area contributed by atoms with Gasteiger partial charge in [-0.15, -0.1) is 0 Å². The molecule has 1 atom stereocenters. The predicted molar refractivity (Wildman–Crippen MR) is 109 cm³/mol. The molecule has 2 aromatic carbocycles. The number of carbonyl (C=O) groups excluding carboxylic acids is 2. The van der Waals surface area contributed by atoms with Crippen LogP contribution in [0.1, 0.15) is 19.4 Å². The zero-order valence-electron chi connectivity index (χ0n) is 16.4. The highest BCUT2D eigenvalue weighted by molar-refractivity contribution is 7.89. The van der Waals surface area contributed by atoms with Crippen molar-refractivity contribution in [3.05, 3.63) is 60.2 Å². The van der Waals surface area contributed by atoms with Gasteiger partial charge in [0.25, 0.3) is 5.91 Å². The molecule has 0 bridgehead atoms. The first-order valence-electron chi connectivity index (χ1n) is 9.42. The lowest BCUT2D eigenvalue weighted by molar-refractivity contribution is -0.150. The second-order valence-corrected chi connectivity index (χ2v) is 8.90. The molecule has 7 nitrogen and oxygen atoms in total. The summed E-state index contributed by atoms with van der Waals surface area (Å²) in [6.07, 6.45) is 0.751. The quantitative estimate of drug-likeness (QED) is 0.698. The molecule has 1 unspecified atom stereocenters. The molecule has 8 heteroatoms. The molecule has 29 heavy (non-hydrogen) atoms. The van der Waals surface area contributed by atoms with Crippen LogP contribution in [0, 0.1) is 5.92 Å². The van der Waals surface area contributed by atoms with E-state index < -0.39 is 28.6 Å². The highest BCUT2D eigenvalue weighted by Crippen LogP contribution is 2.27. The Kier molecular flexibility index (Phi) is 6.34. The van der Waals surface area contributed by atoms with E-state index in [1.807, 2.05) is 24.3 Å². The molecule has 1 aliphatic rings. The molecule has 0 aromatic heterocycles. The lowest BCUT2D eigenvalue weighted by Crippen LogP contribution is -2.46. The number of fused-ring (bicyclic) bond motifs is 1. The van der Waals surface area contributed by atoms with Gasteiger partial charge >= 0.3 is 5.97 Å². The molecule has 1 amide bonds. The molecular weight excluding hydrogens is 392 g/mol. The number of esters is 1. The lowest BCUT2D eigenvalue weighted by atomic mass is 10.1. The Morgan fingerprint density at radius 2 is 1.72 bits per heavy atom.